The van der Waals surface area contributed by atoms with Crippen molar-refractivity contribution in [2.75, 3.05) is 0 Å². The molecule has 1 aliphatic carbocycles. The van der Waals surface area contributed by atoms with Crippen LogP contribution in [0.4, 0.5) is 13.2 Å². The van der Waals surface area contributed by atoms with Gasteiger partial charge in [0.25, 0.3) is 0 Å². The molecular formula is C16H19F3NO3. The second kappa shape index (κ2) is 7.84. The van der Waals surface area contributed by atoms with Crippen molar-refractivity contribution in [1.82, 2.24) is 5.32 Å². The van der Waals surface area contributed by atoms with E-state index in [-0.39, 0.29) is 6.42 Å². The number of rotatable bonds is 5. The Balaban J connectivity index is 2.70. The van der Waals surface area contributed by atoms with E-state index in [4.69, 9.17) is 4.74 Å². The van der Waals surface area contributed by atoms with Crippen LogP contribution in [0.25, 0.3) is 0 Å². The van der Waals surface area contributed by atoms with Gasteiger partial charge < -0.3 is 10.1 Å². The van der Waals surface area contributed by atoms with Gasteiger partial charge in [-0.2, -0.15) is 13.2 Å². The van der Waals surface area contributed by atoms with Crippen LogP contribution < -0.4 is 5.32 Å². The van der Waals surface area contributed by atoms with E-state index in [9.17, 15) is 22.8 Å². The minimum atomic E-state index is -5.06. The van der Waals surface area contributed by atoms with Crippen LogP contribution in [0.5, 0.6) is 0 Å². The van der Waals surface area contributed by atoms with Gasteiger partial charge in [0.15, 0.2) is 0 Å². The van der Waals surface area contributed by atoms with Crippen molar-refractivity contribution < 1.29 is 27.5 Å². The molecule has 1 atom stereocenters. The molecule has 1 amide bonds. The van der Waals surface area contributed by atoms with Crippen LogP contribution in [0.3, 0.4) is 0 Å². The molecule has 4 nitrogen and oxygen atoms in total. The number of amides is 1. The zero-order chi connectivity index (χ0) is 17.7. The van der Waals surface area contributed by atoms with Gasteiger partial charge in [-0.3, -0.25) is 4.79 Å². The van der Waals surface area contributed by atoms with E-state index in [0.29, 0.717) is 0 Å². The van der Waals surface area contributed by atoms with Gasteiger partial charge in [0.2, 0.25) is 0 Å². The summed E-state index contributed by atoms with van der Waals surface area (Å²) in [7, 11) is 0. The molecule has 0 aromatic carbocycles. The summed E-state index contributed by atoms with van der Waals surface area (Å²) in [6.07, 6.45) is 5.20. The average molecular weight is 330 g/mol. The van der Waals surface area contributed by atoms with Crippen LogP contribution in [0.1, 0.15) is 27.2 Å². The third-order valence-corrected chi connectivity index (χ3v) is 2.62. The van der Waals surface area contributed by atoms with Gasteiger partial charge in [0.1, 0.15) is 11.6 Å². The Morgan fingerprint density at radius 3 is 2.26 bits per heavy atom. The lowest BCUT2D eigenvalue weighted by Crippen LogP contribution is -2.48. The van der Waals surface area contributed by atoms with Crippen molar-refractivity contribution >= 4 is 11.9 Å². The summed E-state index contributed by atoms with van der Waals surface area (Å²) in [5.41, 5.74) is -0.867. The molecule has 1 saturated carbocycles. The second-order valence-electron chi connectivity index (χ2n) is 5.91. The highest BCUT2D eigenvalue weighted by Crippen LogP contribution is 2.24. The monoisotopic (exact) mass is 330 g/mol. The first-order chi connectivity index (χ1) is 10.5. The van der Waals surface area contributed by atoms with E-state index in [1.807, 2.05) is 0 Å². The third-order valence-electron chi connectivity index (χ3n) is 2.62. The maximum Gasteiger partial charge on any atom is 0.471 e. The van der Waals surface area contributed by atoms with Gasteiger partial charge >= 0.3 is 18.1 Å². The predicted octanol–water partition coefficient (Wildman–Crippen LogP) is 2.73. The van der Waals surface area contributed by atoms with E-state index >= 15 is 0 Å². The van der Waals surface area contributed by atoms with Crippen molar-refractivity contribution in [2.24, 2.45) is 0 Å². The van der Waals surface area contributed by atoms with Crippen molar-refractivity contribution in [3.8, 4) is 0 Å². The minimum Gasteiger partial charge on any atom is -0.458 e. The number of hydrogen-bond donors (Lipinski definition) is 1. The SMILES string of the molecule is CC(C)(C)OC(=O)C(C/C=C/[C]1[CH][CH][CH][CH]1)NC(=O)C(F)(F)F. The number of halogens is 3. The molecule has 0 aromatic heterocycles. The fourth-order valence-electron chi connectivity index (χ4n) is 1.67. The summed E-state index contributed by atoms with van der Waals surface area (Å²) < 4.78 is 42.2. The molecule has 23 heavy (non-hydrogen) atoms. The summed E-state index contributed by atoms with van der Waals surface area (Å²) in [5, 5.41) is 1.67. The van der Waals surface area contributed by atoms with E-state index in [2.05, 4.69) is 0 Å². The zero-order valence-corrected chi connectivity index (χ0v) is 13.1. The predicted molar refractivity (Wildman–Crippen MR) is 78.0 cm³/mol. The summed E-state index contributed by atoms with van der Waals surface area (Å²) in [6.45, 7) is 4.77. The maximum absolute atomic E-state index is 12.4. The van der Waals surface area contributed by atoms with Gasteiger partial charge in [0.05, 0.1) is 0 Å². The molecule has 1 N–H and O–H groups in total. The Kier molecular flexibility index (Phi) is 6.65. The molecule has 1 unspecified atom stereocenters. The van der Waals surface area contributed by atoms with Crippen molar-refractivity contribution in [3.05, 3.63) is 43.8 Å². The van der Waals surface area contributed by atoms with Gasteiger partial charge in [-0.05, 0) is 52.9 Å². The van der Waals surface area contributed by atoms with Gasteiger partial charge in [-0.25, -0.2) is 4.79 Å². The Morgan fingerprint density at radius 1 is 1.22 bits per heavy atom. The first-order valence-corrected chi connectivity index (χ1v) is 6.98. The molecule has 0 aliphatic heterocycles. The molecule has 0 heterocycles. The van der Waals surface area contributed by atoms with Crippen molar-refractivity contribution in [2.45, 2.75) is 45.0 Å². The summed E-state index contributed by atoms with van der Waals surface area (Å²) in [6, 6.07) is -1.41. The Morgan fingerprint density at radius 2 is 1.78 bits per heavy atom. The van der Waals surface area contributed by atoms with Gasteiger partial charge in [-0.15, -0.1) is 0 Å². The molecule has 1 rings (SSSR count). The normalized spacial score (nSPS) is 18.2. The molecule has 0 spiro atoms. The second-order valence-corrected chi connectivity index (χ2v) is 5.91. The summed E-state index contributed by atoms with van der Waals surface area (Å²) >= 11 is 0. The molecule has 7 heteroatoms. The van der Waals surface area contributed by atoms with Crippen LogP contribution in [-0.2, 0) is 14.3 Å². The Labute approximate surface area is 134 Å². The number of allylic oxidation sites excluding steroid dienone is 1. The molecule has 0 saturated heterocycles. The van der Waals surface area contributed by atoms with E-state index in [1.165, 1.54) is 6.08 Å². The first-order valence-electron chi connectivity index (χ1n) is 6.98. The topological polar surface area (TPSA) is 55.4 Å². The first kappa shape index (κ1) is 19.5. The molecule has 127 valence electrons. The highest BCUT2D eigenvalue weighted by Gasteiger charge is 2.41. The van der Waals surface area contributed by atoms with E-state index in [0.717, 1.165) is 5.92 Å². The molecule has 1 aliphatic rings. The lowest BCUT2D eigenvalue weighted by molar-refractivity contribution is -0.177. The standard InChI is InChI=1S/C16H19F3NO3/c1-15(2,3)23-13(21)12(20-14(22)16(17,18)19)10-6-9-11-7-4-5-8-11/h4-9,12H,10H2,1-3H3,(H,20,22)/b9-6+. The zero-order valence-electron chi connectivity index (χ0n) is 13.1. The smallest absolute Gasteiger partial charge is 0.458 e. The molecule has 0 aromatic rings. The quantitative estimate of drug-likeness (QED) is 0.789. The fourth-order valence-corrected chi connectivity index (χ4v) is 1.67. The minimum absolute atomic E-state index is 0.109. The van der Waals surface area contributed by atoms with Gasteiger partial charge in [0, 0.05) is 5.92 Å². The highest BCUT2D eigenvalue weighted by atomic mass is 19.4. The van der Waals surface area contributed by atoms with Crippen LogP contribution >= 0.6 is 0 Å². The number of carbonyl (C=O) groups excluding carboxylic acids is 2. The number of hydrogen-bond acceptors (Lipinski definition) is 3. The summed E-state index contributed by atoms with van der Waals surface area (Å²) in [4.78, 5) is 23.0. The molecular weight excluding hydrogens is 311 g/mol. The summed E-state index contributed by atoms with van der Waals surface area (Å²) in [5.74, 6) is -2.24. The van der Waals surface area contributed by atoms with E-state index < -0.39 is 29.7 Å². The number of nitrogens with one attached hydrogen (secondary N) is 1. The lowest BCUT2D eigenvalue weighted by atomic mass is 10.1. The van der Waals surface area contributed by atoms with Crippen LogP contribution in [-0.4, -0.2) is 29.7 Å². The fraction of sp³-hybridized carbons (Fsp3) is 0.438. The maximum atomic E-state index is 12.4. The van der Waals surface area contributed by atoms with Crippen LogP contribution in [0.2, 0.25) is 0 Å². The van der Waals surface area contributed by atoms with Crippen molar-refractivity contribution in [1.29, 1.82) is 0 Å². The largest absolute Gasteiger partial charge is 0.471 e. The molecule has 1 fully saturated rings. The van der Waals surface area contributed by atoms with E-state index in [1.54, 1.807) is 57.8 Å². The van der Waals surface area contributed by atoms with Gasteiger partial charge in [-0.1, -0.05) is 12.2 Å². The van der Waals surface area contributed by atoms with Crippen LogP contribution in [0.15, 0.2) is 12.2 Å². The lowest BCUT2D eigenvalue weighted by Gasteiger charge is -2.24. The third kappa shape index (κ3) is 7.52. The number of esters is 1. The number of ether oxygens (including phenoxy) is 1. The van der Waals surface area contributed by atoms with Crippen molar-refractivity contribution in [3.63, 3.8) is 0 Å². The molecule has 0 bridgehead atoms. The molecule has 5 radical (unpaired) electrons. The number of carbonyl (C=O) groups is 2. The Bertz CT molecular complexity index is 446. The average Bonchev–Trinajstić information content (AvgIpc) is 2.87. The van der Waals surface area contributed by atoms with Crippen LogP contribution in [0, 0.1) is 31.6 Å². The highest BCUT2D eigenvalue weighted by molar-refractivity contribution is 5.87. The Hall–Kier alpha value is -1.53. The number of alkyl halides is 3.